The first kappa shape index (κ1) is 12.6. The van der Waals surface area contributed by atoms with E-state index in [0.717, 1.165) is 25.9 Å². The molecule has 100 valence electrons. The van der Waals surface area contributed by atoms with Gasteiger partial charge in [-0.05, 0) is 37.6 Å². The summed E-state index contributed by atoms with van der Waals surface area (Å²) in [6.45, 7) is 1.88. The number of nitrogens with zero attached hydrogens (tertiary/aromatic N) is 2. The predicted molar refractivity (Wildman–Crippen MR) is 69.5 cm³/mol. The molecule has 0 aliphatic carbocycles. The Bertz CT molecular complexity index is 581. The SMILES string of the molecule is Fc1ccc(-c2noc([C@H]3CCCNC3)n2)c(Cl)c1. The summed E-state index contributed by atoms with van der Waals surface area (Å²) >= 11 is 5.99. The fourth-order valence-electron chi connectivity index (χ4n) is 2.24. The molecule has 1 aromatic heterocycles. The molecule has 0 radical (unpaired) electrons. The van der Waals surface area contributed by atoms with Gasteiger partial charge in [-0.3, -0.25) is 0 Å². The smallest absolute Gasteiger partial charge is 0.231 e. The summed E-state index contributed by atoms with van der Waals surface area (Å²) in [7, 11) is 0. The number of hydrogen-bond donors (Lipinski definition) is 1. The number of benzene rings is 1. The van der Waals surface area contributed by atoms with Gasteiger partial charge in [-0.2, -0.15) is 4.98 Å². The molecule has 0 spiro atoms. The molecule has 19 heavy (non-hydrogen) atoms. The van der Waals surface area contributed by atoms with Gasteiger partial charge in [-0.1, -0.05) is 16.8 Å². The molecule has 1 atom stereocenters. The number of rotatable bonds is 2. The van der Waals surface area contributed by atoms with Gasteiger partial charge in [0, 0.05) is 12.1 Å². The van der Waals surface area contributed by atoms with Crippen LogP contribution in [0.2, 0.25) is 5.02 Å². The van der Waals surface area contributed by atoms with Gasteiger partial charge in [-0.15, -0.1) is 0 Å². The van der Waals surface area contributed by atoms with Crippen LogP contribution in [-0.4, -0.2) is 23.2 Å². The van der Waals surface area contributed by atoms with Gasteiger partial charge in [0.2, 0.25) is 11.7 Å². The molecule has 2 aromatic rings. The van der Waals surface area contributed by atoms with E-state index in [1.54, 1.807) is 6.07 Å². The predicted octanol–water partition coefficient (Wildman–Crippen LogP) is 3.00. The summed E-state index contributed by atoms with van der Waals surface area (Å²) in [5.41, 5.74) is 0.585. The van der Waals surface area contributed by atoms with Crippen LogP contribution in [0.3, 0.4) is 0 Å². The maximum absolute atomic E-state index is 13.0. The molecule has 1 fully saturated rings. The zero-order valence-electron chi connectivity index (χ0n) is 10.2. The third kappa shape index (κ3) is 2.62. The van der Waals surface area contributed by atoms with Crippen LogP contribution in [-0.2, 0) is 0 Å². The highest BCUT2D eigenvalue weighted by Gasteiger charge is 2.22. The van der Waals surface area contributed by atoms with Gasteiger partial charge in [0.25, 0.3) is 0 Å². The largest absolute Gasteiger partial charge is 0.339 e. The van der Waals surface area contributed by atoms with Gasteiger partial charge in [0.1, 0.15) is 5.82 Å². The average molecular weight is 282 g/mol. The lowest BCUT2D eigenvalue weighted by molar-refractivity contribution is 0.322. The van der Waals surface area contributed by atoms with E-state index in [1.165, 1.54) is 12.1 Å². The van der Waals surface area contributed by atoms with Crippen LogP contribution in [0, 0.1) is 5.82 Å². The van der Waals surface area contributed by atoms with Crippen LogP contribution in [0.1, 0.15) is 24.7 Å². The standard InChI is InChI=1S/C13H13ClFN3O/c14-11-6-9(15)3-4-10(11)12-17-13(19-18-12)8-2-1-5-16-7-8/h3-4,6,8,16H,1-2,5,7H2/t8-/m0/s1. The van der Waals surface area contributed by atoms with Crippen LogP contribution < -0.4 is 5.32 Å². The quantitative estimate of drug-likeness (QED) is 0.919. The summed E-state index contributed by atoms with van der Waals surface area (Å²) in [6, 6.07) is 4.14. The molecule has 1 aromatic carbocycles. The van der Waals surface area contributed by atoms with Crippen molar-refractivity contribution in [1.29, 1.82) is 0 Å². The normalized spacial score (nSPS) is 19.6. The molecule has 6 heteroatoms. The van der Waals surface area contributed by atoms with Crippen molar-refractivity contribution in [3.63, 3.8) is 0 Å². The molecule has 0 bridgehead atoms. The molecule has 0 saturated carbocycles. The van der Waals surface area contributed by atoms with Gasteiger partial charge >= 0.3 is 0 Å². The molecule has 1 saturated heterocycles. The first-order valence-corrected chi connectivity index (χ1v) is 6.61. The summed E-state index contributed by atoms with van der Waals surface area (Å²) in [5.74, 6) is 0.885. The minimum Gasteiger partial charge on any atom is -0.339 e. The zero-order valence-corrected chi connectivity index (χ0v) is 11.0. The van der Waals surface area contributed by atoms with E-state index in [4.69, 9.17) is 16.1 Å². The highest BCUT2D eigenvalue weighted by molar-refractivity contribution is 6.33. The van der Waals surface area contributed by atoms with Crippen LogP contribution in [0.5, 0.6) is 0 Å². The molecule has 1 N–H and O–H groups in total. The van der Waals surface area contributed by atoms with E-state index in [9.17, 15) is 4.39 Å². The Hall–Kier alpha value is -1.46. The second kappa shape index (κ2) is 5.27. The fraction of sp³-hybridized carbons (Fsp3) is 0.385. The van der Waals surface area contributed by atoms with Crippen LogP contribution in [0.25, 0.3) is 11.4 Å². The van der Waals surface area contributed by atoms with Crippen LogP contribution in [0.4, 0.5) is 4.39 Å². The maximum Gasteiger partial charge on any atom is 0.231 e. The fourth-order valence-corrected chi connectivity index (χ4v) is 2.50. The van der Waals surface area contributed by atoms with Crippen LogP contribution in [0.15, 0.2) is 22.7 Å². The third-order valence-electron chi connectivity index (χ3n) is 3.26. The van der Waals surface area contributed by atoms with Crippen LogP contribution >= 0.6 is 11.6 Å². The molecular formula is C13H13ClFN3O. The summed E-state index contributed by atoms with van der Waals surface area (Å²) in [6.07, 6.45) is 2.13. The average Bonchev–Trinajstić information content (AvgIpc) is 2.89. The van der Waals surface area contributed by atoms with E-state index in [-0.39, 0.29) is 16.8 Å². The molecule has 2 heterocycles. The second-order valence-corrected chi connectivity index (χ2v) is 5.03. The van der Waals surface area contributed by atoms with Crippen molar-refractivity contribution in [2.24, 2.45) is 0 Å². The third-order valence-corrected chi connectivity index (χ3v) is 3.57. The highest BCUT2D eigenvalue weighted by atomic mass is 35.5. The molecular weight excluding hydrogens is 269 g/mol. The molecule has 1 aliphatic rings. The Morgan fingerprint density at radius 2 is 2.32 bits per heavy atom. The highest BCUT2D eigenvalue weighted by Crippen LogP contribution is 2.28. The summed E-state index contributed by atoms with van der Waals surface area (Å²) in [5, 5.41) is 7.52. The molecule has 4 nitrogen and oxygen atoms in total. The van der Waals surface area contributed by atoms with Crippen molar-refractivity contribution in [2.75, 3.05) is 13.1 Å². The number of nitrogens with one attached hydrogen (secondary N) is 1. The molecule has 3 rings (SSSR count). The zero-order chi connectivity index (χ0) is 13.2. The van der Waals surface area contributed by atoms with Crippen molar-refractivity contribution in [3.8, 4) is 11.4 Å². The number of halogens is 2. The van der Waals surface area contributed by atoms with Crippen molar-refractivity contribution in [1.82, 2.24) is 15.5 Å². The molecule has 0 amide bonds. The van der Waals surface area contributed by atoms with Crippen molar-refractivity contribution in [2.45, 2.75) is 18.8 Å². The van der Waals surface area contributed by atoms with Gasteiger partial charge in [0.15, 0.2) is 0 Å². The van der Waals surface area contributed by atoms with E-state index >= 15 is 0 Å². The van der Waals surface area contributed by atoms with E-state index < -0.39 is 0 Å². The van der Waals surface area contributed by atoms with Crippen molar-refractivity contribution >= 4 is 11.6 Å². The number of aromatic nitrogens is 2. The Morgan fingerprint density at radius 1 is 1.42 bits per heavy atom. The molecule has 0 unspecified atom stereocenters. The minimum absolute atomic E-state index is 0.245. The lowest BCUT2D eigenvalue weighted by Crippen LogP contribution is -2.28. The van der Waals surface area contributed by atoms with Crippen molar-refractivity contribution in [3.05, 3.63) is 34.9 Å². The van der Waals surface area contributed by atoms with Gasteiger partial charge in [-0.25, -0.2) is 4.39 Å². The van der Waals surface area contributed by atoms with E-state index in [0.29, 0.717) is 17.3 Å². The molecule has 1 aliphatic heterocycles. The Labute approximate surface area is 115 Å². The Kier molecular flexibility index (Phi) is 3.48. The lowest BCUT2D eigenvalue weighted by Gasteiger charge is -2.18. The minimum atomic E-state index is -0.381. The Morgan fingerprint density at radius 3 is 3.05 bits per heavy atom. The monoisotopic (exact) mass is 281 g/mol. The van der Waals surface area contributed by atoms with Crippen molar-refractivity contribution < 1.29 is 8.91 Å². The number of hydrogen-bond acceptors (Lipinski definition) is 4. The number of piperidine rings is 1. The Balaban J connectivity index is 1.87. The topological polar surface area (TPSA) is 51.0 Å². The maximum atomic E-state index is 13.0. The second-order valence-electron chi connectivity index (χ2n) is 4.62. The first-order chi connectivity index (χ1) is 9.24. The first-order valence-electron chi connectivity index (χ1n) is 6.24. The van der Waals surface area contributed by atoms with E-state index in [2.05, 4.69) is 15.5 Å². The summed E-state index contributed by atoms with van der Waals surface area (Å²) in [4.78, 5) is 4.37. The van der Waals surface area contributed by atoms with E-state index in [1.807, 2.05) is 0 Å². The van der Waals surface area contributed by atoms with Gasteiger partial charge < -0.3 is 9.84 Å². The summed E-state index contributed by atoms with van der Waals surface area (Å²) < 4.78 is 18.3. The lowest BCUT2D eigenvalue weighted by atomic mass is 10.00. The van der Waals surface area contributed by atoms with Gasteiger partial charge in [0.05, 0.1) is 10.9 Å².